The Morgan fingerprint density at radius 2 is 2.32 bits per heavy atom. The summed E-state index contributed by atoms with van der Waals surface area (Å²) in [5.41, 5.74) is 0.570. The van der Waals surface area contributed by atoms with E-state index in [2.05, 4.69) is 4.72 Å². The van der Waals surface area contributed by atoms with Crippen molar-refractivity contribution in [2.75, 3.05) is 6.61 Å². The molecule has 1 fully saturated rings. The van der Waals surface area contributed by atoms with Gasteiger partial charge in [0.2, 0.25) is 10.0 Å². The molecule has 1 aromatic heterocycles. The molecule has 1 aliphatic heterocycles. The van der Waals surface area contributed by atoms with Gasteiger partial charge in [-0.25, -0.2) is 13.1 Å². The van der Waals surface area contributed by atoms with Crippen LogP contribution in [0.25, 0.3) is 0 Å². The van der Waals surface area contributed by atoms with Gasteiger partial charge < -0.3 is 14.4 Å². The summed E-state index contributed by atoms with van der Waals surface area (Å²) in [6, 6.07) is 1.40. The van der Waals surface area contributed by atoms with Crippen LogP contribution in [0, 0.1) is 0 Å². The molecule has 2 N–H and O–H groups in total. The molecular weight excluding hydrogens is 268 g/mol. The maximum absolute atomic E-state index is 12.2. The van der Waals surface area contributed by atoms with Crippen LogP contribution in [0.1, 0.15) is 25.5 Å². The molecule has 2 atom stereocenters. The van der Waals surface area contributed by atoms with Crippen LogP contribution < -0.4 is 4.72 Å². The molecule has 19 heavy (non-hydrogen) atoms. The molecule has 1 saturated heterocycles. The zero-order chi connectivity index (χ0) is 14.0. The number of sulfonamides is 1. The van der Waals surface area contributed by atoms with Gasteiger partial charge in [0.05, 0.1) is 17.6 Å². The standard InChI is InChI=1S/C12H20N2O4S/c1-9-5-10(3-4-18-9)13-19(16,17)12-6-11(8-15)14(2)7-12/h6-7,9-10,13,15H,3-5,8H2,1-2H3. The highest BCUT2D eigenvalue weighted by Crippen LogP contribution is 2.18. The highest BCUT2D eigenvalue weighted by Gasteiger charge is 2.26. The fourth-order valence-electron chi connectivity index (χ4n) is 2.27. The van der Waals surface area contributed by atoms with Gasteiger partial charge in [0.25, 0.3) is 0 Å². The molecule has 6 nitrogen and oxygen atoms in total. The molecule has 108 valence electrons. The van der Waals surface area contributed by atoms with E-state index in [1.807, 2.05) is 6.92 Å². The van der Waals surface area contributed by atoms with Crippen LogP contribution in [-0.2, 0) is 28.4 Å². The Morgan fingerprint density at radius 3 is 2.89 bits per heavy atom. The van der Waals surface area contributed by atoms with Crippen LogP contribution >= 0.6 is 0 Å². The number of nitrogens with zero attached hydrogens (tertiary/aromatic N) is 1. The quantitative estimate of drug-likeness (QED) is 0.838. The summed E-state index contributed by atoms with van der Waals surface area (Å²) in [5.74, 6) is 0. The summed E-state index contributed by atoms with van der Waals surface area (Å²) in [6.07, 6.45) is 2.95. The molecule has 2 unspecified atom stereocenters. The van der Waals surface area contributed by atoms with Gasteiger partial charge in [0.1, 0.15) is 0 Å². The first-order valence-corrected chi connectivity index (χ1v) is 7.80. The lowest BCUT2D eigenvalue weighted by Crippen LogP contribution is -2.41. The molecule has 0 aromatic carbocycles. The number of aromatic nitrogens is 1. The third-order valence-corrected chi connectivity index (χ3v) is 4.85. The molecule has 1 aromatic rings. The molecule has 0 saturated carbocycles. The van der Waals surface area contributed by atoms with Crippen LogP contribution in [0.5, 0.6) is 0 Å². The molecule has 2 rings (SSSR count). The predicted molar refractivity (Wildman–Crippen MR) is 70.1 cm³/mol. The molecule has 0 aliphatic carbocycles. The van der Waals surface area contributed by atoms with Crippen molar-refractivity contribution in [2.24, 2.45) is 7.05 Å². The van der Waals surface area contributed by atoms with E-state index in [1.54, 1.807) is 11.6 Å². The van der Waals surface area contributed by atoms with Gasteiger partial charge in [0.15, 0.2) is 0 Å². The number of rotatable bonds is 4. The Morgan fingerprint density at radius 1 is 1.58 bits per heavy atom. The lowest BCUT2D eigenvalue weighted by atomic mass is 10.1. The summed E-state index contributed by atoms with van der Waals surface area (Å²) in [6.45, 7) is 2.33. The Bertz CT molecular complexity index is 538. The van der Waals surface area contributed by atoms with E-state index in [4.69, 9.17) is 9.84 Å². The monoisotopic (exact) mass is 288 g/mol. The summed E-state index contributed by atoms with van der Waals surface area (Å²) < 4.78 is 34.2. The van der Waals surface area contributed by atoms with Crippen molar-refractivity contribution in [3.8, 4) is 0 Å². The van der Waals surface area contributed by atoms with Crippen molar-refractivity contribution in [2.45, 2.75) is 43.4 Å². The second-order valence-corrected chi connectivity index (χ2v) is 6.67. The highest BCUT2D eigenvalue weighted by molar-refractivity contribution is 7.89. The van der Waals surface area contributed by atoms with E-state index >= 15 is 0 Å². The number of aryl methyl sites for hydroxylation is 1. The summed E-state index contributed by atoms with van der Waals surface area (Å²) in [7, 11) is -1.82. The van der Waals surface area contributed by atoms with E-state index < -0.39 is 10.0 Å². The van der Waals surface area contributed by atoms with Crippen molar-refractivity contribution >= 4 is 10.0 Å². The van der Waals surface area contributed by atoms with Gasteiger partial charge in [-0.3, -0.25) is 0 Å². The highest BCUT2D eigenvalue weighted by atomic mass is 32.2. The smallest absolute Gasteiger partial charge is 0.242 e. The normalized spacial score (nSPS) is 24.6. The number of hydrogen-bond acceptors (Lipinski definition) is 4. The van der Waals surface area contributed by atoms with E-state index in [0.717, 1.165) is 0 Å². The van der Waals surface area contributed by atoms with Crippen molar-refractivity contribution in [3.63, 3.8) is 0 Å². The average Bonchev–Trinajstić information content (AvgIpc) is 2.71. The molecule has 0 bridgehead atoms. The first kappa shape index (κ1) is 14.5. The predicted octanol–water partition coefficient (Wildman–Crippen LogP) is 0.363. The summed E-state index contributed by atoms with van der Waals surface area (Å²) >= 11 is 0. The molecule has 0 amide bonds. The lowest BCUT2D eigenvalue weighted by Gasteiger charge is -2.27. The van der Waals surface area contributed by atoms with Crippen LogP contribution in [0.15, 0.2) is 17.2 Å². The average molecular weight is 288 g/mol. The summed E-state index contributed by atoms with van der Waals surface area (Å²) in [5, 5.41) is 9.10. The Labute approximate surface area is 113 Å². The van der Waals surface area contributed by atoms with Gasteiger partial charge >= 0.3 is 0 Å². The Balaban J connectivity index is 2.13. The molecule has 1 aliphatic rings. The third-order valence-electron chi connectivity index (χ3n) is 3.36. The number of nitrogens with one attached hydrogen (secondary N) is 1. The number of ether oxygens (including phenoxy) is 1. The first-order valence-electron chi connectivity index (χ1n) is 6.32. The van der Waals surface area contributed by atoms with Crippen LogP contribution in [0.4, 0.5) is 0 Å². The van der Waals surface area contributed by atoms with Crippen LogP contribution in [0.2, 0.25) is 0 Å². The molecule has 2 heterocycles. The minimum absolute atomic E-state index is 0.0743. The molecule has 7 heteroatoms. The van der Waals surface area contributed by atoms with Crippen molar-refractivity contribution < 1.29 is 18.3 Å². The van der Waals surface area contributed by atoms with Gasteiger partial charge in [-0.1, -0.05) is 0 Å². The molecule has 0 spiro atoms. The van der Waals surface area contributed by atoms with Crippen molar-refractivity contribution in [3.05, 3.63) is 18.0 Å². The van der Waals surface area contributed by atoms with E-state index in [9.17, 15) is 8.42 Å². The Kier molecular flexibility index (Phi) is 4.29. The topological polar surface area (TPSA) is 80.6 Å². The number of aliphatic hydroxyl groups excluding tert-OH is 1. The van der Waals surface area contributed by atoms with Gasteiger partial charge in [-0.05, 0) is 25.8 Å². The second kappa shape index (κ2) is 5.62. The first-order chi connectivity index (χ1) is 8.92. The van der Waals surface area contributed by atoms with E-state index in [-0.39, 0.29) is 23.6 Å². The SMILES string of the molecule is CC1CC(NS(=O)(=O)c2cc(CO)n(C)c2)CCO1. The van der Waals surface area contributed by atoms with Gasteiger partial charge in [-0.2, -0.15) is 0 Å². The zero-order valence-electron chi connectivity index (χ0n) is 11.2. The molecule has 0 radical (unpaired) electrons. The number of hydrogen-bond donors (Lipinski definition) is 2. The van der Waals surface area contributed by atoms with Gasteiger partial charge in [0, 0.05) is 31.6 Å². The largest absolute Gasteiger partial charge is 0.390 e. The van der Waals surface area contributed by atoms with Crippen LogP contribution in [-0.4, -0.2) is 36.8 Å². The maximum Gasteiger partial charge on any atom is 0.242 e. The van der Waals surface area contributed by atoms with Crippen molar-refractivity contribution in [1.29, 1.82) is 0 Å². The fraction of sp³-hybridized carbons (Fsp3) is 0.667. The Hall–Kier alpha value is -0.890. The second-order valence-electron chi connectivity index (χ2n) is 4.96. The minimum Gasteiger partial charge on any atom is -0.390 e. The molecular formula is C12H20N2O4S. The summed E-state index contributed by atoms with van der Waals surface area (Å²) in [4.78, 5) is 0.193. The lowest BCUT2D eigenvalue weighted by molar-refractivity contribution is 0.0173. The third kappa shape index (κ3) is 3.36. The van der Waals surface area contributed by atoms with E-state index in [0.29, 0.717) is 25.1 Å². The van der Waals surface area contributed by atoms with E-state index in [1.165, 1.54) is 12.3 Å². The van der Waals surface area contributed by atoms with Gasteiger partial charge in [-0.15, -0.1) is 0 Å². The fourth-order valence-corrected chi connectivity index (χ4v) is 3.65. The zero-order valence-corrected chi connectivity index (χ0v) is 12.0. The number of aliphatic hydroxyl groups is 1. The minimum atomic E-state index is -3.53. The van der Waals surface area contributed by atoms with Crippen LogP contribution in [0.3, 0.4) is 0 Å². The van der Waals surface area contributed by atoms with Crippen molar-refractivity contribution in [1.82, 2.24) is 9.29 Å². The maximum atomic E-state index is 12.2.